The molecule has 0 aliphatic rings. The fraction of sp³-hybridized carbons (Fsp3) is 0.148. The van der Waals surface area contributed by atoms with E-state index in [9.17, 15) is 9.59 Å². The first-order chi connectivity index (χ1) is 17.4. The lowest BCUT2D eigenvalue weighted by atomic mass is 10.1. The van der Waals surface area contributed by atoms with Crippen LogP contribution >= 0.6 is 11.8 Å². The molecule has 0 saturated carbocycles. The van der Waals surface area contributed by atoms with E-state index in [1.54, 1.807) is 21.2 Å². The number of pyridine rings is 1. The summed E-state index contributed by atoms with van der Waals surface area (Å²) in [5.74, 6) is 0.870. The van der Waals surface area contributed by atoms with Gasteiger partial charge in [0.15, 0.2) is 5.16 Å². The molecule has 0 unspecified atom stereocenters. The van der Waals surface area contributed by atoms with Crippen LogP contribution in [0.15, 0.2) is 81.6 Å². The maximum absolute atomic E-state index is 13.6. The van der Waals surface area contributed by atoms with E-state index in [1.165, 1.54) is 11.8 Å². The summed E-state index contributed by atoms with van der Waals surface area (Å²) in [4.78, 5) is 31.0. The second kappa shape index (κ2) is 8.46. The van der Waals surface area contributed by atoms with Crippen LogP contribution in [-0.4, -0.2) is 28.5 Å². The van der Waals surface area contributed by atoms with Crippen LogP contribution in [0.3, 0.4) is 0 Å². The minimum Gasteiger partial charge on any atom is -0.269 e. The van der Waals surface area contributed by atoms with Crippen molar-refractivity contribution in [1.29, 1.82) is 0 Å². The molecule has 0 aliphatic carbocycles. The molecule has 2 aromatic carbocycles. The lowest BCUT2D eigenvalue weighted by molar-refractivity contribution is 0.925. The van der Waals surface area contributed by atoms with Gasteiger partial charge in [0.05, 0.1) is 22.3 Å². The highest BCUT2D eigenvalue weighted by atomic mass is 32.2. The van der Waals surface area contributed by atoms with Crippen molar-refractivity contribution in [2.24, 2.45) is 0 Å². The third kappa shape index (κ3) is 3.43. The van der Waals surface area contributed by atoms with Crippen LogP contribution in [0.1, 0.15) is 22.4 Å². The van der Waals surface area contributed by atoms with Crippen LogP contribution < -0.4 is 11.1 Å². The molecule has 0 N–H and O–H groups in total. The molecule has 0 radical (unpaired) electrons. The Balaban J connectivity index is 1.52. The van der Waals surface area contributed by atoms with Crippen LogP contribution in [0, 0.1) is 20.8 Å². The van der Waals surface area contributed by atoms with Gasteiger partial charge in [-0.25, -0.2) is 9.55 Å². The van der Waals surface area contributed by atoms with E-state index >= 15 is 0 Å². The average Bonchev–Trinajstić information content (AvgIpc) is 3.30. The van der Waals surface area contributed by atoms with Gasteiger partial charge >= 0.3 is 0 Å². The third-order valence-electron chi connectivity index (χ3n) is 6.50. The van der Waals surface area contributed by atoms with Gasteiger partial charge in [0.2, 0.25) is 5.78 Å². The summed E-state index contributed by atoms with van der Waals surface area (Å²) in [7, 11) is 0. The molecule has 4 heterocycles. The number of nitrogens with zero attached hydrogens (tertiary/aromatic N) is 6. The molecule has 0 atom stereocenters. The molecule has 0 saturated heterocycles. The summed E-state index contributed by atoms with van der Waals surface area (Å²) in [6.45, 7) is 5.96. The molecule has 178 valence electrons. The molecule has 4 aromatic heterocycles. The van der Waals surface area contributed by atoms with Crippen molar-refractivity contribution < 1.29 is 0 Å². The molecule has 0 bridgehead atoms. The molecule has 9 heteroatoms. The van der Waals surface area contributed by atoms with Crippen molar-refractivity contribution in [3.63, 3.8) is 0 Å². The standard InChI is InChI=1S/C27H22N6O2S/c1-16-8-6-12-21(18(16)3)32-25(35)20-10-4-5-11-22(20)33-26(32)29-30-27(33)36-15-19-14-23(34)31-13-7-9-17(2)24(31)28-19/h4-14H,15H2,1-3H3. The summed E-state index contributed by atoms with van der Waals surface area (Å²) >= 11 is 1.43. The molecule has 36 heavy (non-hydrogen) atoms. The molecule has 8 nitrogen and oxygen atoms in total. The van der Waals surface area contributed by atoms with Crippen LogP contribution in [0.4, 0.5) is 0 Å². The van der Waals surface area contributed by atoms with Gasteiger partial charge in [0.25, 0.3) is 11.1 Å². The molecular weight excluding hydrogens is 472 g/mol. The molecule has 0 amide bonds. The zero-order valence-corrected chi connectivity index (χ0v) is 20.8. The Hall–Kier alpha value is -4.24. The molecular formula is C27H22N6O2S. The van der Waals surface area contributed by atoms with E-state index in [-0.39, 0.29) is 11.1 Å². The van der Waals surface area contributed by atoms with E-state index < -0.39 is 0 Å². The van der Waals surface area contributed by atoms with Crippen LogP contribution in [0.2, 0.25) is 0 Å². The van der Waals surface area contributed by atoms with E-state index in [0.717, 1.165) is 27.9 Å². The number of benzene rings is 2. The Kier molecular flexibility index (Phi) is 5.22. The first-order valence-electron chi connectivity index (χ1n) is 11.5. The Morgan fingerprint density at radius 2 is 1.69 bits per heavy atom. The Bertz CT molecular complexity index is 1940. The van der Waals surface area contributed by atoms with Gasteiger partial charge in [0, 0.05) is 18.0 Å². The first-order valence-corrected chi connectivity index (χ1v) is 12.5. The van der Waals surface area contributed by atoms with E-state index in [2.05, 4.69) is 10.2 Å². The number of aryl methyl sites for hydroxylation is 2. The minimum absolute atomic E-state index is 0.125. The fourth-order valence-corrected chi connectivity index (χ4v) is 5.32. The second-order valence-corrected chi connectivity index (χ2v) is 9.70. The van der Waals surface area contributed by atoms with Crippen molar-refractivity contribution in [2.75, 3.05) is 0 Å². The monoisotopic (exact) mass is 494 g/mol. The lowest BCUT2D eigenvalue weighted by Gasteiger charge is -2.14. The van der Waals surface area contributed by atoms with Gasteiger partial charge in [0.1, 0.15) is 5.65 Å². The summed E-state index contributed by atoms with van der Waals surface area (Å²) in [6, 6.07) is 18.7. The molecule has 0 fully saturated rings. The van der Waals surface area contributed by atoms with Gasteiger partial charge in [-0.2, -0.15) is 0 Å². The van der Waals surface area contributed by atoms with Crippen molar-refractivity contribution in [3.05, 3.63) is 110 Å². The maximum Gasteiger partial charge on any atom is 0.267 e. The number of hydrogen-bond acceptors (Lipinski definition) is 6. The van der Waals surface area contributed by atoms with Gasteiger partial charge in [-0.05, 0) is 61.7 Å². The SMILES string of the molecule is Cc1cccc(-n2c(=O)c3ccccc3n3c(SCc4cc(=O)n5cccc(C)c5n4)nnc23)c1C. The minimum atomic E-state index is -0.143. The highest BCUT2D eigenvalue weighted by Gasteiger charge is 2.19. The largest absolute Gasteiger partial charge is 0.269 e. The smallest absolute Gasteiger partial charge is 0.267 e. The first kappa shape index (κ1) is 22.2. The summed E-state index contributed by atoms with van der Waals surface area (Å²) < 4.78 is 5.08. The van der Waals surface area contributed by atoms with Gasteiger partial charge < -0.3 is 0 Å². The predicted molar refractivity (Wildman–Crippen MR) is 141 cm³/mol. The normalized spacial score (nSPS) is 11.6. The van der Waals surface area contributed by atoms with Crippen LogP contribution in [0.5, 0.6) is 0 Å². The topological polar surface area (TPSA) is 86.6 Å². The number of rotatable bonds is 4. The highest BCUT2D eigenvalue weighted by Crippen LogP contribution is 2.26. The lowest BCUT2D eigenvalue weighted by Crippen LogP contribution is -2.22. The van der Waals surface area contributed by atoms with Crippen LogP contribution in [-0.2, 0) is 5.75 Å². The predicted octanol–water partition coefficient (Wildman–Crippen LogP) is 4.26. The number of hydrogen-bond donors (Lipinski definition) is 0. The summed E-state index contributed by atoms with van der Waals surface area (Å²) in [5, 5.41) is 10.1. The molecule has 0 aliphatic heterocycles. The Labute approximate surface area is 209 Å². The number of para-hydroxylation sites is 1. The zero-order valence-electron chi connectivity index (χ0n) is 20.0. The van der Waals surface area contributed by atoms with Crippen molar-refractivity contribution in [2.45, 2.75) is 31.7 Å². The Morgan fingerprint density at radius 1 is 0.889 bits per heavy atom. The maximum atomic E-state index is 13.6. The fourth-order valence-electron chi connectivity index (χ4n) is 4.49. The van der Waals surface area contributed by atoms with Gasteiger partial charge in [-0.15, -0.1) is 10.2 Å². The zero-order chi connectivity index (χ0) is 25.0. The highest BCUT2D eigenvalue weighted by molar-refractivity contribution is 7.98. The summed E-state index contributed by atoms with van der Waals surface area (Å²) in [6.07, 6.45) is 1.72. The van der Waals surface area contributed by atoms with Crippen molar-refractivity contribution >= 4 is 34.1 Å². The number of aromatic nitrogens is 6. The second-order valence-electron chi connectivity index (χ2n) is 8.75. The van der Waals surface area contributed by atoms with E-state index in [0.29, 0.717) is 33.4 Å². The molecule has 6 aromatic rings. The molecule has 6 rings (SSSR count). The Morgan fingerprint density at radius 3 is 2.56 bits per heavy atom. The van der Waals surface area contributed by atoms with Gasteiger partial charge in [-0.3, -0.25) is 18.4 Å². The quantitative estimate of drug-likeness (QED) is 0.341. The number of thioether (sulfide) groups is 1. The van der Waals surface area contributed by atoms with E-state index in [1.807, 2.05) is 79.8 Å². The van der Waals surface area contributed by atoms with Crippen molar-refractivity contribution in [3.8, 4) is 5.69 Å². The third-order valence-corrected chi connectivity index (χ3v) is 7.46. The number of fused-ring (bicyclic) bond motifs is 4. The van der Waals surface area contributed by atoms with Crippen molar-refractivity contribution in [1.82, 2.24) is 28.5 Å². The van der Waals surface area contributed by atoms with Gasteiger partial charge in [-0.1, -0.05) is 42.1 Å². The molecule has 0 spiro atoms. The average molecular weight is 495 g/mol. The van der Waals surface area contributed by atoms with E-state index in [4.69, 9.17) is 4.98 Å². The summed E-state index contributed by atoms with van der Waals surface area (Å²) in [5.41, 5.74) is 5.55. The van der Waals surface area contributed by atoms with Crippen LogP contribution in [0.25, 0.3) is 28.0 Å².